The standard InChI is InChI=1S/C21H22N4O2S2.C21H20N4O2S2.H2/c2*1-5-13-8-16-15(10-19(13)29(26,27)21(2,3)4)20(23-11-22-16)25-14-6-7-18-17(9-14)24-12-28-18;/h6-12H,5H2,1-4H3,(H,22,23,25);5-12H,1H2,2-4H3,(H,22,23,25);1H. The first-order valence-electron chi connectivity index (χ1n) is 18.3. The minimum Gasteiger partial charge on any atom is -0.340 e. The normalized spacial score (nSPS) is 12.5. The second-order valence-corrected chi connectivity index (χ2v) is 22.6. The molecular formula is C42H44N8O4S4. The summed E-state index contributed by atoms with van der Waals surface area (Å²) in [6.45, 7) is 15.9. The summed E-state index contributed by atoms with van der Waals surface area (Å²) in [6.07, 6.45) is 5.09. The summed E-state index contributed by atoms with van der Waals surface area (Å²) in [6, 6.07) is 18.7. The lowest BCUT2D eigenvalue weighted by atomic mass is 10.1. The van der Waals surface area contributed by atoms with Gasteiger partial charge in [-0.1, -0.05) is 19.6 Å². The zero-order chi connectivity index (χ0) is 41.6. The van der Waals surface area contributed by atoms with Crippen molar-refractivity contribution in [1.29, 1.82) is 0 Å². The number of anilines is 4. The maximum Gasteiger partial charge on any atom is 0.183 e. The molecule has 0 aliphatic heterocycles. The SMILES string of the molecule is C=Cc1cc2ncnc(Nc3ccc4scnc4c3)c2cc1S(=O)(=O)C(C)(C)C.CCc1cc2ncnc(Nc3ccc4scnc4c3)c2cc1S(=O)(=O)C(C)(C)C.[HH]. The average molecular weight is 853 g/mol. The Morgan fingerprint density at radius 3 is 1.55 bits per heavy atom. The number of aromatic nitrogens is 6. The first-order valence-corrected chi connectivity index (χ1v) is 23.0. The molecule has 0 fully saturated rings. The molecule has 4 aromatic carbocycles. The van der Waals surface area contributed by atoms with E-state index >= 15 is 0 Å². The highest BCUT2D eigenvalue weighted by Crippen LogP contribution is 2.36. The number of aryl methyl sites for hydroxylation is 1. The van der Waals surface area contributed by atoms with E-state index in [1.54, 1.807) is 94.0 Å². The van der Waals surface area contributed by atoms with Gasteiger partial charge in [-0.3, -0.25) is 0 Å². The van der Waals surface area contributed by atoms with Gasteiger partial charge in [-0.2, -0.15) is 0 Å². The summed E-state index contributed by atoms with van der Waals surface area (Å²) < 4.78 is 53.0. The Bertz CT molecular complexity index is 3100. The highest BCUT2D eigenvalue weighted by atomic mass is 32.2. The van der Waals surface area contributed by atoms with Crippen LogP contribution in [-0.4, -0.2) is 56.2 Å². The summed E-state index contributed by atoms with van der Waals surface area (Å²) in [5, 5.41) is 7.88. The fourth-order valence-electron chi connectivity index (χ4n) is 6.15. The van der Waals surface area contributed by atoms with E-state index in [-0.39, 0.29) is 6.32 Å². The lowest BCUT2D eigenvalue weighted by Gasteiger charge is -2.22. The van der Waals surface area contributed by atoms with Crippen LogP contribution in [0.1, 0.15) is 61.0 Å². The van der Waals surface area contributed by atoms with Crippen LogP contribution in [0.25, 0.3) is 48.3 Å². The number of benzene rings is 4. The van der Waals surface area contributed by atoms with Gasteiger partial charge < -0.3 is 10.6 Å². The smallest absolute Gasteiger partial charge is 0.183 e. The van der Waals surface area contributed by atoms with Crippen molar-refractivity contribution < 1.29 is 18.3 Å². The lowest BCUT2D eigenvalue weighted by molar-refractivity contribution is 0.558. The maximum absolute atomic E-state index is 13.2. The molecule has 0 atom stereocenters. The minimum absolute atomic E-state index is 0. The van der Waals surface area contributed by atoms with Crippen LogP contribution >= 0.6 is 22.7 Å². The van der Waals surface area contributed by atoms with Gasteiger partial charge in [0.25, 0.3) is 0 Å². The topological polar surface area (TPSA) is 170 Å². The van der Waals surface area contributed by atoms with Crippen molar-refractivity contribution >= 4 is 114 Å². The first-order chi connectivity index (χ1) is 27.4. The minimum atomic E-state index is -3.58. The largest absolute Gasteiger partial charge is 0.340 e. The second kappa shape index (κ2) is 15.4. The van der Waals surface area contributed by atoms with Gasteiger partial charge in [-0.25, -0.2) is 46.7 Å². The predicted octanol–water partition coefficient (Wildman–Crippen LogP) is 10.6. The van der Waals surface area contributed by atoms with Crippen LogP contribution in [0.2, 0.25) is 0 Å². The zero-order valence-corrected chi connectivity index (χ0v) is 36.3. The molecule has 4 aromatic heterocycles. The van der Waals surface area contributed by atoms with Gasteiger partial charge in [0.1, 0.15) is 24.3 Å². The molecule has 300 valence electrons. The maximum atomic E-state index is 13.2. The van der Waals surface area contributed by atoms with Crippen molar-refractivity contribution in [3.8, 4) is 0 Å². The van der Waals surface area contributed by atoms with E-state index in [1.807, 2.05) is 54.9 Å². The molecule has 0 amide bonds. The molecule has 0 bridgehead atoms. The fourth-order valence-corrected chi connectivity index (χ4v) is 10.3. The molecule has 58 heavy (non-hydrogen) atoms. The van der Waals surface area contributed by atoms with Crippen LogP contribution in [-0.2, 0) is 26.1 Å². The number of thiazole rings is 2. The Hall–Kier alpha value is -5.42. The molecule has 0 aliphatic rings. The number of rotatable bonds is 8. The van der Waals surface area contributed by atoms with Gasteiger partial charge in [0.05, 0.1) is 61.8 Å². The van der Waals surface area contributed by atoms with E-state index < -0.39 is 29.2 Å². The molecule has 0 spiro atoms. The predicted molar refractivity (Wildman–Crippen MR) is 240 cm³/mol. The molecule has 0 saturated heterocycles. The zero-order valence-electron chi connectivity index (χ0n) is 33.0. The fraction of sp³-hybridized carbons (Fsp3) is 0.238. The summed E-state index contributed by atoms with van der Waals surface area (Å²) in [7, 11) is -7.10. The Morgan fingerprint density at radius 1 is 0.621 bits per heavy atom. The third-order valence-corrected chi connectivity index (χ3v) is 16.3. The van der Waals surface area contributed by atoms with Gasteiger partial charge in [0.15, 0.2) is 19.7 Å². The molecule has 0 unspecified atom stereocenters. The monoisotopic (exact) mass is 852 g/mol. The Morgan fingerprint density at radius 2 is 1.09 bits per heavy atom. The quantitative estimate of drug-likeness (QED) is 0.149. The molecule has 4 heterocycles. The number of sulfone groups is 2. The molecule has 8 aromatic rings. The van der Waals surface area contributed by atoms with E-state index in [0.717, 1.165) is 37.4 Å². The Labute approximate surface area is 346 Å². The van der Waals surface area contributed by atoms with Crippen LogP contribution in [0.3, 0.4) is 0 Å². The number of hydrogen-bond acceptors (Lipinski definition) is 14. The highest BCUT2D eigenvalue weighted by Gasteiger charge is 2.34. The van der Waals surface area contributed by atoms with Crippen LogP contribution in [0.15, 0.2) is 101 Å². The number of fused-ring (bicyclic) bond motifs is 4. The van der Waals surface area contributed by atoms with E-state index in [2.05, 4.69) is 47.1 Å². The molecule has 0 aliphatic carbocycles. The summed E-state index contributed by atoms with van der Waals surface area (Å²) in [5.41, 5.74) is 9.70. The summed E-state index contributed by atoms with van der Waals surface area (Å²) in [5.74, 6) is 1.10. The van der Waals surface area contributed by atoms with Crippen LogP contribution in [0.4, 0.5) is 23.0 Å². The summed E-state index contributed by atoms with van der Waals surface area (Å²) >= 11 is 3.16. The molecule has 2 N–H and O–H groups in total. The number of nitrogens with one attached hydrogen (secondary N) is 2. The summed E-state index contributed by atoms with van der Waals surface area (Å²) in [4.78, 5) is 26.6. The molecule has 12 nitrogen and oxygen atoms in total. The highest BCUT2D eigenvalue weighted by molar-refractivity contribution is 7.93. The molecule has 8 rings (SSSR count). The Balaban J connectivity index is 0.000000195. The van der Waals surface area contributed by atoms with Crippen molar-refractivity contribution in [1.82, 2.24) is 29.9 Å². The first kappa shape index (κ1) is 40.8. The Kier molecular flexibility index (Phi) is 10.8. The molecular weight excluding hydrogens is 809 g/mol. The van der Waals surface area contributed by atoms with E-state index in [4.69, 9.17) is 0 Å². The lowest BCUT2D eigenvalue weighted by Crippen LogP contribution is -2.28. The average Bonchev–Trinajstić information content (AvgIpc) is 3.86. The second-order valence-electron chi connectivity index (χ2n) is 15.4. The van der Waals surface area contributed by atoms with Crippen LogP contribution in [0.5, 0.6) is 0 Å². The van der Waals surface area contributed by atoms with E-state index in [9.17, 15) is 16.8 Å². The van der Waals surface area contributed by atoms with E-state index in [1.165, 1.54) is 12.7 Å². The molecule has 16 heteroatoms. The van der Waals surface area contributed by atoms with Gasteiger partial charge in [-0.15, -0.1) is 22.7 Å². The van der Waals surface area contributed by atoms with Gasteiger partial charge in [-0.05, 0) is 120 Å². The molecule has 0 radical (unpaired) electrons. The van der Waals surface area contributed by atoms with Crippen molar-refractivity contribution in [3.05, 3.63) is 102 Å². The molecule has 0 saturated carbocycles. The van der Waals surface area contributed by atoms with Gasteiger partial charge in [0.2, 0.25) is 0 Å². The van der Waals surface area contributed by atoms with Gasteiger partial charge in [0, 0.05) is 23.6 Å². The number of nitrogens with zero attached hydrogens (tertiary/aromatic N) is 6. The van der Waals surface area contributed by atoms with Crippen LogP contribution in [0, 0.1) is 0 Å². The van der Waals surface area contributed by atoms with Crippen LogP contribution < -0.4 is 10.6 Å². The number of hydrogen-bond donors (Lipinski definition) is 2. The third-order valence-electron chi connectivity index (χ3n) is 9.56. The van der Waals surface area contributed by atoms with Crippen molar-refractivity contribution in [2.45, 2.75) is 74.2 Å². The third kappa shape index (κ3) is 7.76. The van der Waals surface area contributed by atoms with Crippen molar-refractivity contribution in [2.24, 2.45) is 0 Å². The van der Waals surface area contributed by atoms with Crippen molar-refractivity contribution in [3.63, 3.8) is 0 Å². The van der Waals surface area contributed by atoms with Gasteiger partial charge >= 0.3 is 0 Å². The van der Waals surface area contributed by atoms with E-state index in [0.29, 0.717) is 50.3 Å². The van der Waals surface area contributed by atoms with Crippen molar-refractivity contribution in [2.75, 3.05) is 10.6 Å².